The molecule has 1 atom stereocenters. The molecule has 3 nitrogen and oxygen atoms in total. The molecule has 0 bridgehead atoms. The van der Waals surface area contributed by atoms with Crippen molar-refractivity contribution >= 4 is 14.1 Å². The Bertz CT molecular complexity index is 641. The highest BCUT2D eigenvalue weighted by Crippen LogP contribution is 2.41. The van der Waals surface area contributed by atoms with Crippen molar-refractivity contribution in [2.45, 2.75) is 95.6 Å². The highest BCUT2D eigenvalue weighted by atomic mass is 28.4. The van der Waals surface area contributed by atoms with Gasteiger partial charge in [0.2, 0.25) is 0 Å². The monoisotopic (exact) mass is 394 g/mol. The van der Waals surface area contributed by atoms with E-state index in [2.05, 4.69) is 33.9 Å². The summed E-state index contributed by atoms with van der Waals surface area (Å²) in [6.07, 6.45) is 2.77. The van der Waals surface area contributed by atoms with Crippen LogP contribution in [0.4, 0.5) is 4.39 Å². The van der Waals surface area contributed by atoms with Crippen LogP contribution < -0.4 is 0 Å². The first-order chi connectivity index (χ1) is 12.3. The van der Waals surface area contributed by atoms with Crippen LogP contribution in [0, 0.1) is 5.82 Å². The lowest BCUT2D eigenvalue weighted by Gasteiger charge is -2.42. The third-order valence-corrected chi connectivity index (χ3v) is 11.0. The van der Waals surface area contributed by atoms with Crippen LogP contribution in [-0.4, -0.2) is 30.9 Å². The number of ketones is 1. The smallest absolute Gasteiger partial charge is 0.192 e. The van der Waals surface area contributed by atoms with Gasteiger partial charge < -0.3 is 9.53 Å². The van der Waals surface area contributed by atoms with Gasteiger partial charge in [0.05, 0.1) is 0 Å². The van der Waals surface area contributed by atoms with E-state index in [-0.39, 0.29) is 35.1 Å². The van der Waals surface area contributed by atoms with Gasteiger partial charge in [-0.15, -0.1) is 0 Å². The Morgan fingerprint density at radius 1 is 1.26 bits per heavy atom. The Morgan fingerprint density at radius 2 is 1.78 bits per heavy atom. The SMILES string of the molecule is C[C@@H](CC(=O)C1(O)CCC(O[Si](C)(C)C(C)(C)C)CC1)c1ccc(F)cc1. The predicted molar refractivity (Wildman–Crippen MR) is 110 cm³/mol. The number of halogens is 1. The number of hydrogen-bond acceptors (Lipinski definition) is 3. The summed E-state index contributed by atoms with van der Waals surface area (Å²) in [5.74, 6) is -0.426. The fourth-order valence-electron chi connectivity index (χ4n) is 3.44. The number of benzene rings is 1. The van der Waals surface area contributed by atoms with Crippen molar-refractivity contribution in [2.24, 2.45) is 0 Å². The maximum absolute atomic E-state index is 13.1. The highest BCUT2D eigenvalue weighted by molar-refractivity contribution is 6.74. The normalized spacial score (nSPS) is 25.3. The molecule has 1 N–H and O–H groups in total. The predicted octanol–water partition coefficient (Wildman–Crippen LogP) is 5.58. The lowest BCUT2D eigenvalue weighted by Crippen LogP contribution is -2.48. The summed E-state index contributed by atoms with van der Waals surface area (Å²) in [4.78, 5) is 12.8. The van der Waals surface area contributed by atoms with Gasteiger partial charge in [-0.2, -0.15) is 0 Å². The zero-order valence-corrected chi connectivity index (χ0v) is 18.6. The highest BCUT2D eigenvalue weighted by Gasteiger charge is 2.44. The second-order valence-electron chi connectivity index (χ2n) is 9.69. The molecule has 1 aliphatic rings. The molecule has 27 heavy (non-hydrogen) atoms. The molecule has 0 spiro atoms. The summed E-state index contributed by atoms with van der Waals surface area (Å²) in [6.45, 7) is 13.1. The van der Waals surface area contributed by atoms with E-state index < -0.39 is 13.9 Å². The van der Waals surface area contributed by atoms with Gasteiger partial charge in [-0.05, 0) is 67.4 Å². The maximum Gasteiger partial charge on any atom is 0.192 e. The summed E-state index contributed by atoms with van der Waals surface area (Å²) in [5.41, 5.74) is -0.329. The average Bonchev–Trinajstić information content (AvgIpc) is 2.56. The molecular formula is C22H35FO3Si. The summed E-state index contributed by atoms with van der Waals surface area (Å²) in [5, 5.41) is 11.1. The van der Waals surface area contributed by atoms with Crippen LogP contribution in [0.5, 0.6) is 0 Å². The van der Waals surface area contributed by atoms with Gasteiger partial charge in [-0.1, -0.05) is 39.8 Å². The molecule has 0 saturated heterocycles. The van der Waals surface area contributed by atoms with E-state index in [0.717, 1.165) is 18.4 Å². The maximum atomic E-state index is 13.1. The quantitative estimate of drug-likeness (QED) is 0.640. The molecule has 2 rings (SSSR count). The Morgan fingerprint density at radius 3 is 2.26 bits per heavy atom. The Balaban J connectivity index is 1.92. The van der Waals surface area contributed by atoms with Crippen LogP contribution in [-0.2, 0) is 9.22 Å². The molecule has 1 aliphatic carbocycles. The standard InChI is InChI=1S/C22H35FO3Si/c1-16(17-7-9-18(23)10-8-17)15-20(24)22(25)13-11-19(12-14-22)26-27(5,6)21(2,3)4/h7-10,16,19,25H,11-15H2,1-6H3/t16-,19?,22?/m0/s1. The van der Waals surface area contributed by atoms with E-state index in [4.69, 9.17) is 4.43 Å². The average molecular weight is 395 g/mol. The zero-order valence-electron chi connectivity index (χ0n) is 17.6. The minimum atomic E-state index is -1.84. The van der Waals surface area contributed by atoms with Gasteiger partial charge in [0.25, 0.3) is 0 Å². The van der Waals surface area contributed by atoms with Crippen molar-refractivity contribution < 1.29 is 18.7 Å². The minimum absolute atomic E-state index is 0.0386. The third-order valence-electron chi connectivity index (χ3n) is 6.48. The van der Waals surface area contributed by atoms with E-state index in [1.165, 1.54) is 12.1 Å². The van der Waals surface area contributed by atoms with Crippen LogP contribution in [0.25, 0.3) is 0 Å². The van der Waals surface area contributed by atoms with E-state index in [9.17, 15) is 14.3 Å². The van der Waals surface area contributed by atoms with Gasteiger partial charge in [0.1, 0.15) is 11.4 Å². The van der Waals surface area contributed by atoms with Gasteiger partial charge in [-0.25, -0.2) is 4.39 Å². The Hall–Kier alpha value is -1.04. The molecule has 1 aromatic carbocycles. The molecule has 0 heterocycles. The lowest BCUT2D eigenvalue weighted by atomic mass is 9.77. The van der Waals surface area contributed by atoms with Crippen molar-refractivity contribution in [1.82, 2.24) is 0 Å². The van der Waals surface area contributed by atoms with Crippen molar-refractivity contribution in [3.05, 3.63) is 35.6 Å². The van der Waals surface area contributed by atoms with Crippen LogP contribution in [0.2, 0.25) is 18.1 Å². The number of carbonyl (C=O) groups excluding carboxylic acids is 1. The number of Topliss-reactive ketones (excluding diaryl/α,β-unsaturated/α-hetero) is 1. The van der Waals surface area contributed by atoms with E-state index in [1.54, 1.807) is 12.1 Å². The van der Waals surface area contributed by atoms with Crippen LogP contribution in [0.1, 0.15) is 71.3 Å². The summed E-state index contributed by atoms with van der Waals surface area (Å²) < 4.78 is 19.5. The molecule has 152 valence electrons. The first kappa shape index (κ1) is 22.2. The number of rotatable bonds is 6. The third kappa shape index (κ3) is 5.49. The van der Waals surface area contributed by atoms with E-state index in [1.807, 2.05) is 6.92 Å². The number of aliphatic hydroxyl groups is 1. The minimum Gasteiger partial charge on any atom is -0.414 e. The first-order valence-electron chi connectivity index (χ1n) is 10.0. The zero-order chi connectivity index (χ0) is 20.5. The molecule has 0 aliphatic heterocycles. The first-order valence-corrected chi connectivity index (χ1v) is 12.9. The van der Waals surface area contributed by atoms with Gasteiger partial charge >= 0.3 is 0 Å². The van der Waals surface area contributed by atoms with Gasteiger partial charge in [-0.3, -0.25) is 4.79 Å². The van der Waals surface area contributed by atoms with Gasteiger partial charge in [0, 0.05) is 12.5 Å². The topological polar surface area (TPSA) is 46.5 Å². The van der Waals surface area contributed by atoms with Crippen molar-refractivity contribution in [2.75, 3.05) is 0 Å². The van der Waals surface area contributed by atoms with Crippen LogP contribution in [0.15, 0.2) is 24.3 Å². The van der Waals surface area contributed by atoms with Crippen molar-refractivity contribution in [3.8, 4) is 0 Å². The lowest BCUT2D eigenvalue weighted by molar-refractivity contribution is -0.143. The second-order valence-corrected chi connectivity index (χ2v) is 14.4. The van der Waals surface area contributed by atoms with E-state index >= 15 is 0 Å². The van der Waals surface area contributed by atoms with Gasteiger partial charge in [0.15, 0.2) is 14.1 Å². The summed E-state index contributed by atoms with van der Waals surface area (Å²) in [6, 6.07) is 6.24. The second kappa shape index (κ2) is 8.14. The largest absolute Gasteiger partial charge is 0.414 e. The number of carbonyl (C=O) groups is 1. The molecule has 0 unspecified atom stereocenters. The molecule has 1 aromatic rings. The molecule has 1 saturated carbocycles. The molecule has 5 heteroatoms. The van der Waals surface area contributed by atoms with Crippen LogP contribution >= 0.6 is 0 Å². The van der Waals surface area contributed by atoms with E-state index in [0.29, 0.717) is 12.8 Å². The van der Waals surface area contributed by atoms with Crippen LogP contribution in [0.3, 0.4) is 0 Å². The van der Waals surface area contributed by atoms with Crippen molar-refractivity contribution in [1.29, 1.82) is 0 Å². The van der Waals surface area contributed by atoms with Crippen molar-refractivity contribution in [3.63, 3.8) is 0 Å². The number of hydrogen-bond donors (Lipinski definition) is 1. The summed E-state index contributed by atoms with van der Waals surface area (Å²) in [7, 11) is -1.84. The Kier molecular flexibility index (Phi) is 6.70. The molecule has 0 radical (unpaired) electrons. The fourth-order valence-corrected chi connectivity index (χ4v) is 4.86. The molecular weight excluding hydrogens is 359 g/mol. The molecule has 0 aromatic heterocycles. The molecule has 0 amide bonds. The Labute approximate surface area is 164 Å². The summed E-state index contributed by atoms with van der Waals surface area (Å²) >= 11 is 0. The molecule has 1 fully saturated rings. The fraction of sp³-hybridized carbons (Fsp3) is 0.682.